The van der Waals surface area contributed by atoms with Gasteiger partial charge in [-0.3, -0.25) is 0 Å². The molecule has 0 radical (unpaired) electrons. The van der Waals surface area contributed by atoms with Crippen LogP contribution in [0.1, 0.15) is 19.3 Å². The number of carbonyl (C=O) groups is 1. The van der Waals surface area contributed by atoms with Gasteiger partial charge < -0.3 is 10.1 Å². The van der Waals surface area contributed by atoms with E-state index >= 15 is 0 Å². The first-order chi connectivity index (χ1) is 6.22. The average Bonchev–Trinajstić information content (AvgIpc) is 2.18. The van der Waals surface area contributed by atoms with Crippen molar-refractivity contribution in [3.8, 4) is 0 Å². The predicted octanol–water partition coefficient (Wildman–Crippen LogP) is -1.20. The Morgan fingerprint density at radius 2 is 2.23 bits per heavy atom. The molecule has 2 heterocycles. The Hall–Kier alpha value is -0.500. The molecule has 3 aliphatic rings. The zero-order valence-corrected chi connectivity index (χ0v) is 8.34. The van der Waals surface area contributed by atoms with Crippen molar-refractivity contribution in [2.24, 2.45) is 5.92 Å². The number of piperidine rings is 2. The third-order valence-corrected chi connectivity index (χ3v) is 3.39. The van der Waals surface area contributed by atoms with Crippen LogP contribution in [0.2, 0.25) is 0 Å². The molecule has 1 N–H and O–H groups in total. The molecule has 1 saturated carbocycles. The van der Waals surface area contributed by atoms with Crippen molar-refractivity contribution < 1.29 is 4.79 Å². The highest BCUT2D eigenvalue weighted by atomic mass is 16.1. The average molecular weight is 175 g/mol. The van der Waals surface area contributed by atoms with Crippen molar-refractivity contribution in [2.75, 3.05) is 0 Å². The summed E-state index contributed by atoms with van der Waals surface area (Å²) in [6.45, 7) is 0. The molecule has 0 aromatic heterocycles. The van der Waals surface area contributed by atoms with E-state index < -0.39 is 0 Å². The van der Waals surface area contributed by atoms with Crippen molar-refractivity contribution >= 4 is 22.0 Å². The van der Waals surface area contributed by atoms with Crippen LogP contribution in [0.15, 0.2) is 10.9 Å². The van der Waals surface area contributed by atoms with E-state index in [1.807, 2.05) is 0 Å². The third kappa shape index (κ3) is 1.48. The molecule has 2 bridgehead atoms. The lowest BCUT2D eigenvalue weighted by atomic mass is 9.64. The fourth-order valence-electron chi connectivity index (χ4n) is 2.71. The van der Waals surface area contributed by atoms with Crippen LogP contribution in [0, 0.1) is 5.92 Å². The molecule has 0 unspecified atom stereocenters. The van der Waals surface area contributed by atoms with E-state index in [2.05, 4.69) is 21.0 Å². The topological polar surface area (TPSA) is 29.1 Å². The summed E-state index contributed by atoms with van der Waals surface area (Å²) in [5.74, 6) is 0.493. The summed E-state index contributed by atoms with van der Waals surface area (Å²) >= 11 is 0. The number of carbonyl (C=O) groups excluding carboxylic acids is 1. The number of hydrogen-bond acceptors (Lipinski definition) is 2. The fourth-order valence-corrected chi connectivity index (χ4v) is 2.71. The summed E-state index contributed by atoms with van der Waals surface area (Å²) in [5, 5.41) is 4.80. The molecule has 2 nitrogen and oxygen atoms in total. The van der Waals surface area contributed by atoms with Crippen molar-refractivity contribution in [1.82, 2.24) is 5.32 Å². The lowest BCUT2D eigenvalue weighted by Gasteiger charge is -2.44. The monoisotopic (exact) mass is 175 g/mol. The van der Waals surface area contributed by atoms with Gasteiger partial charge in [0.05, 0.1) is 6.04 Å². The van der Waals surface area contributed by atoms with Crippen LogP contribution in [-0.4, -0.2) is 34.1 Å². The molecule has 0 aromatic carbocycles. The highest BCUT2D eigenvalue weighted by molar-refractivity contribution is 6.48. The lowest BCUT2D eigenvalue weighted by molar-refractivity contribution is -0.111. The molecule has 0 spiro atoms. The van der Waals surface area contributed by atoms with Crippen LogP contribution in [0.25, 0.3) is 0 Å². The highest BCUT2D eigenvalue weighted by Gasteiger charge is 2.38. The van der Waals surface area contributed by atoms with E-state index in [4.69, 9.17) is 0 Å². The van der Waals surface area contributed by atoms with Gasteiger partial charge >= 0.3 is 0 Å². The number of hydrogen-bond donors (Lipinski definition) is 1. The Morgan fingerprint density at radius 3 is 2.77 bits per heavy atom. The van der Waals surface area contributed by atoms with Gasteiger partial charge in [-0.25, -0.2) is 0 Å². The molecular weight excluding hydrogens is 160 g/mol. The minimum Gasteiger partial charge on any atom is -0.304 e. The van der Waals surface area contributed by atoms with Crippen LogP contribution in [0.3, 0.4) is 0 Å². The van der Waals surface area contributed by atoms with Gasteiger partial charge in [-0.1, -0.05) is 5.57 Å². The van der Waals surface area contributed by atoms with Gasteiger partial charge in [0.2, 0.25) is 0 Å². The molecule has 3 atom stereocenters. The van der Waals surface area contributed by atoms with Crippen LogP contribution in [-0.2, 0) is 4.79 Å². The van der Waals surface area contributed by atoms with Crippen LogP contribution in [0.5, 0.6) is 0 Å². The van der Waals surface area contributed by atoms with Crippen LogP contribution in [0.4, 0.5) is 0 Å². The SMILES string of the molecule is BC(B)=C1C[C@@H]2CC[C@H]1[C@@H](C=O)N2. The second-order valence-corrected chi connectivity index (χ2v) is 4.44. The van der Waals surface area contributed by atoms with Crippen LogP contribution < -0.4 is 5.32 Å². The molecule has 3 fully saturated rings. The number of aldehydes is 1. The molecule has 0 aromatic rings. The lowest BCUT2D eigenvalue weighted by Crippen LogP contribution is -2.54. The smallest absolute Gasteiger partial charge is 0.137 e. The van der Waals surface area contributed by atoms with Gasteiger partial charge in [0, 0.05) is 12.0 Å². The van der Waals surface area contributed by atoms with Gasteiger partial charge in [0.25, 0.3) is 0 Å². The maximum absolute atomic E-state index is 10.8. The zero-order chi connectivity index (χ0) is 9.42. The van der Waals surface area contributed by atoms with E-state index in [1.54, 1.807) is 0 Å². The van der Waals surface area contributed by atoms with E-state index in [0.717, 1.165) is 12.7 Å². The molecule has 1 aliphatic carbocycles. The second-order valence-electron chi connectivity index (χ2n) is 4.44. The van der Waals surface area contributed by atoms with Crippen molar-refractivity contribution in [3.05, 3.63) is 10.9 Å². The maximum Gasteiger partial charge on any atom is 0.137 e. The van der Waals surface area contributed by atoms with Gasteiger partial charge in [-0.2, -0.15) is 0 Å². The summed E-state index contributed by atoms with van der Waals surface area (Å²) < 4.78 is 0. The minimum atomic E-state index is 0.0948. The van der Waals surface area contributed by atoms with Gasteiger partial charge in [-0.05, 0) is 19.3 Å². The normalized spacial score (nSPS) is 37.5. The third-order valence-electron chi connectivity index (χ3n) is 3.39. The Bertz CT molecular complexity index is 260. The molecule has 2 saturated heterocycles. The Labute approximate surface area is 81.0 Å². The largest absolute Gasteiger partial charge is 0.304 e. The van der Waals surface area contributed by atoms with Crippen molar-refractivity contribution in [2.45, 2.75) is 31.3 Å². The molecular formula is C9H15B2NO. The molecule has 13 heavy (non-hydrogen) atoms. The molecule has 68 valence electrons. The van der Waals surface area contributed by atoms with Gasteiger partial charge in [0.1, 0.15) is 22.0 Å². The summed E-state index contributed by atoms with van der Waals surface area (Å²) in [6, 6.07) is 0.655. The zero-order valence-electron chi connectivity index (χ0n) is 8.34. The maximum atomic E-state index is 10.8. The van der Waals surface area contributed by atoms with Gasteiger partial charge in [0.15, 0.2) is 0 Å². The van der Waals surface area contributed by atoms with Crippen molar-refractivity contribution in [1.29, 1.82) is 0 Å². The fraction of sp³-hybridized carbons (Fsp3) is 0.667. The standard InChI is InChI=1S/C9H15B2NO/c10-9(11)7-3-5-1-2-6(7)8(4-13)12-5/h4-6,8,12H,1-3,10-11H2/t5-,6+,8+/m0/s1. The Kier molecular flexibility index (Phi) is 2.33. The molecule has 2 aliphatic heterocycles. The molecule has 3 rings (SSSR count). The first kappa shape index (κ1) is 9.07. The first-order valence-corrected chi connectivity index (χ1v) is 5.10. The van der Waals surface area contributed by atoms with E-state index in [-0.39, 0.29) is 6.04 Å². The van der Waals surface area contributed by atoms with Crippen LogP contribution >= 0.6 is 0 Å². The minimum absolute atomic E-state index is 0.0948. The summed E-state index contributed by atoms with van der Waals surface area (Å²) in [5.41, 5.74) is 1.53. The van der Waals surface area contributed by atoms with Crippen molar-refractivity contribution in [3.63, 3.8) is 0 Å². The quantitative estimate of drug-likeness (QED) is 0.400. The second kappa shape index (κ2) is 3.33. The molecule has 4 heteroatoms. The summed E-state index contributed by atoms with van der Waals surface area (Å²) in [4.78, 5) is 10.8. The summed E-state index contributed by atoms with van der Waals surface area (Å²) in [7, 11) is 4.33. The van der Waals surface area contributed by atoms with Gasteiger partial charge in [-0.15, -0.1) is 5.37 Å². The number of rotatable bonds is 1. The van der Waals surface area contributed by atoms with E-state index in [1.165, 1.54) is 23.8 Å². The van der Waals surface area contributed by atoms with E-state index in [0.29, 0.717) is 12.0 Å². The predicted molar refractivity (Wildman–Crippen MR) is 58.2 cm³/mol. The summed E-state index contributed by atoms with van der Waals surface area (Å²) in [6.07, 6.45) is 4.68. The van der Waals surface area contributed by atoms with E-state index in [9.17, 15) is 4.79 Å². The Balaban J connectivity index is 2.27. The molecule has 0 amide bonds. The first-order valence-electron chi connectivity index (χ1n) is 5.10. The number of nitrogens with one attached hydrogen (secondary N) is 1. The number of fused-ring (bicyclic) bond motifs is 3. The highest BCUT2D eigenvalue weighted by Crippen LogP contribution is 2.37. The Morgan fingerprint density at radius 1 is 1.46 bits per heavy atom.